The van der Waals surface area contributed by atoms with Crippen LogP contribution in [0.1, 0.15) is 36.0 Å². The first-order valence-electron chi connectivity index (χ1n) is 6.98. The molecule has 3 rings (SSSR count). The maximum Gasteiger partial charge on any atom is 0.253 e. The van der Waals surface area contributed by atoms with E-state index in [-0.39, 0.29) is 17.5 Å². The summed E-state index contributed by atoms with van der Waals surface area (Å²) < 4.78 is 0. The first-order chi connectivity index (χ1) is 9.24. The highest BCUT2D eigenvalue weighted by atomic mass is 16.2. The quantitative estimate of drug-likeness (QED) is 0.825. The molecule has 0 spiro atoms. The summed E-state index contributed by atoms with van der Waals surface area (Å²) in [6.07, 6.45) is 6.21. The van der Waals surface area contributed by atoms with Crippen molar-refractivity contribution in [3.63, 3.8) is 0 Å². The Labute approximate surface area is 112 Å². The minimum absolute atomic E-state index is 0.0892. The summed E-state index contributed by atoms with van der Waals surface area (Å²) in [6.45, 7) is 2.25. The first kappa shape index (κ1) is 12.4. The fraction of sp³-hybridized carbons (Fsp3) is 0.571. The number of pyridine rings is 1. The number of aromatic nitrogens is 1. The minimum atomic E-state index is -0.184. The molecule has 2 atom stereocenters. The van der Waals surface area contributed by atoms with Crippen molar-refractivity contribution >= 4 is 5.91 Å². The predicted octanol–water partition coefficient (Wildman–Crippen LogP) is 0.731. The Morgan fingerprint density at radius 2 is 2.16 bits per heavy atom. The number of nitrogens with zero attached hydrogens (tertiary/aromatic N) is 1. The summed E-state index contributed by atoms with van der Waals surface area (Å²) >= 11 is 0. The highest BCUT2D eigenvalue weighted by Crippen LogP contribution is 2.27. The molecule has 0 radical (unpaired) electrons. The average molecular weight is 261 g/mol. The van der Waals surface area contributed by atoms with Gasteiger partial charge < -0.3 is 10.3 Å². The van der Waals surface area contributed by atoms with Crippen molar-refractivity contribution in [1.82, 2.24) is 15.2 Å². The molecule has 102 valence electrons. The molecule has 3 heterocycles. The Hall–Kier alpha value is -1.62. The lowest BCUT2D eigenvalue weighted by Gasteiger charge is -2.32. The number of carbonyl (C=O) groups excluding carboxylic acids is 1. The zero-order valence-corrected chi connectivity index (χ0v) is 10.9. The third-order valence-corrected chi connectivity index (χ3v) is 4.22. The van der Waals surface area contributed by atoms with Crippen LogP contribution >= 0.6 is 0 Å². The van der Waals surface area contributed by atoms with Crippen molar-refractivity contribution in [2.75, 3.05) is 13.1 Å². The summed E-state index contributed by atoms with van der Waals surface area (Å²) in [5.41, 5.74) is 0.338. The maximum atomic E-state index is 12.1. The molecule has 5 heteroatoms. The Morgan fingerprint density at radius 1 is 1.26 bits per heavy atom. The molecule has 1 aromatic heterocycles. The normalized spacial score (nSPS) is 26.9. The number of piperidine rings is 1. The molecule has 0 saturated carbocycles. The molecule has 2 unspecified atom stereocenters. The zero-order chi connectivity index (χ0) is 13.2. The molecule has 1 aromatic rings. The standard InChI is InChI=1S/C14H19N3O2/c18-13-5-4-10(9-15-13)14(19)16-11-6-8-17-7-2-1-3-12(11)17/h4-5,9,11-12H,1-3,6-8H2,(H,15,18)(H,16,19). The van der Waals surface area contributed by atoms with E-state index in [1.54, 1.807) is 6.07 Å². The van der Waals surface area contributed by atoms with Crippen LogP contribution in [0, 0.1) is 0 Å². The number of rotatable bonds is 2. The lowest BCUT2D eigenvalue weighted by Crippen LogP contribution is -2.46. The van der Waals surface area contributed by atoms with Crippen molar-refractivity contribution < 1.29 is 4.79 Å². The van der Waals surface area contributed by atoms with Gasteiger partial charge in [-0.15, -0.1) is 0 Å². The largest absolute Gasteiger partial charge is 0.348 e. The number of nitrogens with one attached hydrogen (secondary N) is 2. The van der Waals surface area contributed by atoms with E-state index in [9.17, 15) is 9.59 Å². The van der Waals surface area contributed by atoms with Crippen LogP contribution in [-0.2, 0) is 0 Å². The van der Waals surface area contributed by atoms with Gasteiger partial charge in [0.2, 0.25) is 5.56 Å². The lowest BCUT2D eigenvalue weighted by atomic mass is 9.99. The second-order valence-corrected chi connectivity index (χ2v) is 5.41. The van der Waals surface area contributed by atoms with Crippen LogP contribution in [-0.4, -0.2) is 41.0 Å². The topological polar surface area (TPSA) is 65.2 Å². The SMILES string of the molecule is O=C(NC1CCN2CCCCC12)c1ccc(=O)[nH]c1. The van der Waals surface area contributed by atoms with E-state index < -0.39 is 0 Å². The molecule has 0 aliphatic carbocycles. The van der Waals surface area contributed by atoms with Crippen LogP contribution in [0.25, 0.3) is 0 Å². The van der Waals surface area contributed by atoms with Gasteiger partial charge in [0.15, 0.2) is 0 Å². The third kappa shape index (κ3) is 2.56. The number of hydrogen-bond donors (Lipinski definition) is 2. The van der Waals surface area contributed by atoms with Crippen LogP contribution in [0.5, 0.6) is 0 Å². The molecule has 2 N–H and O–H groups in total. The summed E-state index contributed by atoms with van der Waals surface area (Å²) in [5, 5.41) is 3.11. The van der Waals surface area contributed by atoms with Gasteiger partial charge in [0.1, 0.15) is 0 Å². The summed E-state index contributed by atoms with van der Waals surface area (Å²) in [5.74, 6) is -0.0892. The smallest absolute Gasteiger partial charge is 0.253 e. The van der Waals surface area contributed by atoms with E-state index in [2.05, 4.69) is 15.2 Å². The van der Waals surface area contributed by atoms with Crippen molar-refractivity contribution in [3.05, 3.63) is 34.2 Å². The number of amides is 1. The summed E-state index contributed by atoms with van der Waals surface area (Å²) in [7, 11) is 0. The average Bonchev–Trinajstić information content (AvgIpc) is 2.83. The molecular formula is C14H19N3O2. The second kappa shape index (κ2) is 5.17. The molecule has 2 saturated heterocycles. The van der Waals surface area contributed by atoms with Gasteiger partial charge in [0.25, 0.3) is 5.91 Å². The highest BCUT2D eigenvalue weighted by Gasteiger charge is 2.36. The van der Waals surface area contributed by atoms with E-state index in [4.69, 9.17) is 0 Å². The van der Waals surface area contributed by atoms with Crippen molar-refractivity contribution in [1.29, 1.82) is 0 Å². The highest BCUT2D eigenvalue weighted by molar-refractivity contribution is 5.94. The molecule has 2 aliphatic rings. The number of aromatic amines is 1. The number of hydrogen-bond acceptors (Lipinski definition) is 3. The van der Waals surface area contributed by atoms with Gasteiger partial charge in [-0.25, -0.2) is 0 Å². The minimum Gasteiger partial charge on any atom is -0.348 e. The molecular weight excluding hydrogens is 242 g/mol. The van der Waals surface area contributed by atoms with Crippen LogP contribution in [0.2, 0.25) is 0 Å². The van der Waals surface area contributed by atoms with Gasteiger partial charge in [-0.1, -0.05) is 6.42 Å². The maximum absolute atomic E-state index is 12.1. The lowest BCUT2D eigenvalue weighted by molar-refractivity contribution is 0.0915. The Bertz CT molecular complexity index is 505. The monoisotopic (exact) mass is 261 g/mol. The van der Waals surface area contributed by atoms with E-state index >= 15 is 0 Å². The number of carbonyl (C=O) groups is 1. The van der Waals surface area contributed by atoms with Gasteiger partial charge >= 0.3 is 0 Å². The molecule has 0 bridgehead atoms. The Balaban J connectivity index is 1.66. The van der Waals surface area contributed by atoms with Gasteiger partial charge in [-0.2, -0.15) is 0 Å². The summed E-state index contributed by atoms with van der Waals surface area (Å²) in [4.78, 5) is 28.1. The first-order valence-corrected chi connectivity index (χ1v) is 6.98. The van der Waals surface area contributed by atoms with Crippen LogP contribution in [0.3, 0.4) is 0 Å². The van der Waals surface area contributed by atoms with E-state index in [1.807, 2.05) is 0 Å². The third-order valence-electron chi connectivity index (χ3n) is 4.22. The van der Waals surface area contributed by atoms with Gasteiger partial charge in [0.05, 0.1) is 5.56 Å². The van der Waals surface area contributed by atoms with Crippen molar-refractivity contribution in [2.24, 2.45) is 0 Å². The van der Waals surface area contributed by atoms with Crippen LogP contribution in [0.15, 0.2) is 23.1 Å². The van der Waals surface area contributed by atoms with Gasteiger partial charge in [-0.3, -0.25) is 14.5 Å². The van der Waals surface area contributed by atoms with Crippen LogP contribution < -0.4 is 10.9 Å². The van der Waals surface area contributed by atoms with Crippen molar-refractivity contribution in [2.45, 2.75) is 37.8 Å². The van der Waals surface area contributed by atoms with Gasteiger partial charge in [0, 0.05) is 30.9 Å². The Kier molecular flexibility index (Phi) is 3.38. The molecule has 0 aromatic carbocycles. The number of fused-ring (bicyclic) bond motifs is 1. The van der Waals surface area contributed by atoms with Gasteiger partial charge in [-0.05, 0) is 31.9 Å². The van der Waals surface area contributed by atoms with Crippen LogP contribution in [0.4, 0.5) is 0 Å². The zero-order valence-electron chi connectivity index (χ0n) is 10.9. The molecule has 2 fully saturated rings. The van der Waals surface area contributed by atoms with E-state index in [1.165, 1.54) is 31.5 Å². The molecule has 2 aliphatic heterocycles. The van der Waals surface area contributed by atoms with E-state index in [0.717, 1.165) is 19.5 Å². The molecule has 1 amide bonds. The predicted molar refractivity (Wildman–Crippen MR) is 72.1 cm³/mol. The number of H-pyrrole nitrogens is 1. The Morgan fingerprint density at radius 3 is 2.95 bits per heavy atom. The fourth-order valence-corrected chi connectivity index (χ4v) is 3.22. The summed E-state index contributed by atoms with van der Waals surface area (Å²) in [6, 6.07) is 3.71. The van der Waals surface area contributed by atoms with E-state index in [0.29, 0.717) is 11.6 Å². The molecule has 5 nitrogen and oxygen atoms in total. The second-order valence-electron chi connectivity index (χ2n) is 5.41. The van der Waals surface area contributed by atoms with Crippen molar-refractivity contribution in [3.8, 4) is 0 Å². The fourth-order valence-electron chi connectivity index (χ4n) is 3.22. The molecule has 19 heavy (non-hydrogen) atoms.